The Morgan fingerprint density at radius 2 is 1.88 bits per heavy atom. The van der Waals surface area contributed by atoms with E-state index in [2.05, 4.69) is 5.32 Å². The quantitative estimate of drug-likeness (QED) is 0.683. The summed E-state index contributed by atoms with van der Waals surface area (Å²) in [5.41, 5.74) is 1.38. The Labute approximate surface area is 143 Å². The van der Waals surface area contributed by atoms with Crippen LogP contribution in [0.15, 0.2) is 53.4 Å². The fraction of sp³-hybridized carbons (Fsp3) is 0.167. The molecule has 5 nitrogen and oxygen atoms in total. The molecule has 0 aliphatic carbocycles. The number of Topliss-reactive ketones (excluding diaryl/α,β-unsaturated/α-hetero) is 1. The summed E-state index contributed by atoms with van der Waals surface area (Å²) in [5, 5.41) is 2.59. The highest BCUT2D eigenvalue weighted by Gasteiger charge is 2.24. The molecule has 3 rings (SSSR count). The van der Waals surface area contributed by atoms with Crippen LogP contribution >= 0.6 is 11.8 Å². The third-order valence-electron chi connectivity index (χ3n) is 3.58. The normalized spacial score (nSPS) is 16.0. The van der Waals surface area contributed by atoms with Crippen molar-refractivity contribution in [3.05, 3.63) is 59.7 Å². The number of benzene rings is 2. The highest BCUT2D eigenvalue weighted by molar-refractivity contribution is 8.00. The molecule has 0 saturated carbocycles. The Balaban J connectivity index is 1.67. The minimum absolute atomic E-state index is 0.0997. The first-order valence-corrected chi connectivity index (χ1v) is 8.29. The number of thioether (sulfide) groups is 1. The average molecular weight is 341 g/mol. The van der Waals surface area contributed by atoms with Crippen LogP contribution in [-0.2, 0) is 9.53 Å². The van der Waals surface area contributed by atoms with Crippen molar-refractivity contribution in [1.29, 1.82) is 0 Å². The highest BCUT2D eigenvalue weighted by Crippen LogP contribution is 2.36. The monoisotopic (exact) mass is 341 g/mol. The molecule has 1 atom stereocenters. The van der Waals surface area contributed by atoms with Crippen molar-refractivity contribution in [3.63, 3.8) is 0 Å². The fourth-order valence-corrected chi connectivity index (χ4v) is 3.19. The number of rotatable bonds is 4. The summed E-state index contributed by atoms with van der Waals surface area (Å²) in [7, 11) is 0. The number of ketones is 1. The van der Waals surface area contributed by atoms with Gasteiger partial charge in [0, 0.05) is 10.5 Å². The van der Waals surface area contributed by atoms with E-state index in [0.29, 0.717) is 16.8 Å². The maximum Gasteiger partial charge on any atom is 0.338 e. The Kier molecular flexibility index (Phi) is 4.66. The standard InChI is InChI=1S/C18H15NO4S/c1-11-17(21)19-14-9-13(7-8-16(14)24-11)18(22)23-10-15(20)12-5-3-2-4-6-12/h2-9,11H,10H2,1H3,(H,19,21). The second kappa shape index (κ2) is 6.88. The van der Waals surface area contributed by atoms with Gasteiger partial charge in [0.2, 0.25) is 5.91 Å². The summed E-state index contributed by atoms with van der Waals surface area (Å²) in [6.07, 6.45) is 0. The van der Waals surface area contributed by atoms with Crippen LogP contribution in [0.1, 0.15) is 27.6 Å². The number of carbonyl (C=O) groups is 3. The van der Waals surface area contributed by atoms with Gasteiger partial charge >= 0.3 is 5.97 Å². The molecule has 6 heteroatoms. The number of amides is 1. The molecule has 0 fully saturated rings. The van der Waals surface area contributed by atoms with Gasteiger partial charge in [-0.25, -0.2) is 4.79 Å². The lowest BCUT2D eigenvalue weighted by Gasteiger charge is -2.21. The first-order chi connectivity index (χ1) is 11.5. The number of hydrogen-bond donors (Lipinski definition) is 1. The second-order valence-corrected chi connectivity index (χ2v) is 6.71. The molecule has 1 unspecified atom stereocenters. The lowest BCUT2D eigenvalue weighted by Crippen LogP contribution is -2.26. The summed E-state index contributed by atoms with van der Waals surface area (Å²) < 4.78 is 5.08. The maximum absolute atomic E-state index is 12.1. The van der Waals surface area contributed by atoms with E-state index in [-0.39, 0.29) is 23.5 Å². The molecule has 0 spiro atoms. The Hall–Kier alpha value is -2.60. The van der Waals surface area contributed by atoms with Gasteiger partial charge < -0.3 is 10.1 Å². The van der Waals surface area contributed by atoms with Crippen LogP contribution in [0.2, 0.25) is 0 Å². The molecule has 2 aromatic rings. The van der Waals surface area contributed by atoms with Crippen molar-refractivity contribution in [3.8, 4) is 0 Å². The molecule has 122 valence electrons. The third-order valence-corrected chi connectivity index (χ3v) is 4.75. The molecule has 1 aliphatic heterocycles. The summed E-state index contributed by atoms with van der Waals surface area (Å²) in [6.45, 7) is 1.50. The Morgan fingerprint density at radius 3 is 2.62 bits per heavy atom. The van der Waals surface area contributed by atoms with Crippen molar-refractivity contribution in [2.45, 2.75) is 17.1 Å². The molecular formula is C18H15NO4S. The number of nitrogens with one attached hydrogen (secondary N) is 1. The zero-order valence-electron chi connectivity index (χ0n) is 12.9. The van der Waals surface area contributed by atoms with Crippen LogP contribution in [0.25, 0.3) is 0 Å². The summed E-state index contributed by atoms with van der Waals surface area (Å²) in [5.74, 6) is -0.961. The van der Waals surface area contributed by atoms with Crippen LogP contribution < -0.4 is 5.32 Å². The lowest BCUT2D eigenvalue weighted by molar-refractivity contribution is -0.115. The van der Waals surface area contributed by atoms with E-state index in [9.17, 15) is 14.4 Å². The largest absolute Gasteiger partial charge is 0.454 e. The van der Waals surface area contributed by atoms with Crippen molar-refractivity contribution < 1.29 is 19.1 Å². The third kappa shape index (κ3) is 3.49. The zero-order valence-corrected chi connectivity index (χ0v) is 13.8. The number of esters is 1. The van der Waals surface area contributed by atoms with E-state index in [4.69, 9.17) is 4.74 Å². The number of hydrogen-bond acceptors (Lipinski definition) is 5. The molecule has 1 heterocycles. The molecule has 0 aromatic heterocycles. The maximum atomic E-state index is 12.1. The van der Waals surface area contributed by atoms with Gasteiger partial charge in [-0.15, -0.1) is 11.8 Å². The average Bonchev–Trinajstić information content (AvgIpc) is 2.60. The smallest absolute Gasteiger partial charge is 0.338 e. The van der Waals surface area contributed by atoms with Crippen molar-refractivity contribution in [2.24, 2.45) is 0 Å². The molecule has 1 aliphatic rings. The SMILES string of the molecule is CC1Sc2ccc(C(=O)OCC(=O)c3ccccc3)cc2NC1=O. The van der Waals surface area contributed by atoms with Gasteiger partial charge in [-0.05, 0) is 25.1 Å². The van der Waals surface area contributed by atoms with Crippen LogP contribution in [-0.4, -0.2) is 29.5 Å². The topological polar surface area (TPSA) is 72.5 Å². The van der Waals surface area contributed by atoms with Gasteiger partial charge in [-0.3, -0.25) is 9.59 Å². The molecule has 0 bridgehead atoms. The number of ether oxygens (including phenoxy) is 1. The number of fused-ring (bicyclic) bond motifs is 1. The molecule has 0 radical (unpaired) electrons. The molecule has 1 N–H and O–H groups in total. The molecule has 1 amide bonds. The van der Waals surface area contributed by atoms with Crippen molar-refractivity contribution in [2.75, 3.05) is 11.9 Å². The Bertz CT molecular complexity index is 804. The minimum atomic E-state index is -0.597. The van der Waals surface area contributed by atoms with Crippen LogP contribution in [0.3, 0.4) is 0 Å². The molecular weight excluding hydrogens is 326 g/mol. The van der Waals surface area contributed by atoms with E-state index in [1.165, 1.54) is 11.8 Å². The van der Waals surface area contributed by atoms with E-state index in [1.807, 2.05) is 13.0 Å². The first kappa shape index (κ1) is 16.3. The first-order valence-electron chi connectivity index (χ1n) is 7.41. The van der Waals surface area contributed by atoms with E-state index >= 15 is 0 Å². The Morgan fingerprint density at radius 1 is 1.12 bits per heavy atom. The fourth-order valence-electron chi connectivity index (χ4n) is 2.26. The van der Waals surface area contributed by atoms with Crippen molar-refractivity contribution >= 4 is 35.1 Å². The van der Waals surface area contributed by atoms with Gasteiger partial charge in [0.1, 0.15) is 0 Å². The minimum Gasteiger partial charge on any atom is -0.454 e. The highest BCUT2D eigenvalue weighted by atomic mass is 32.2. The number of anilines is 1. The summed E-state index contributed by atoms with van der Waals surface area (Å²) >= 11 is 1.44. The van der Waals surface area contributed by atoms with Gasteiger partial charge in [0.25, 0.3) is 0 Å². The summed E-state index contributed by atoms with van der Waals surface area (Å²) in [6, 6.07) is 13.6. The second-order valence-electron chi connectivity index (χ2n) is 5.33. The predicted molar refractivity (Wildman–Crippen MR) is 91.4 cm³/mol. The van der Waals surface area contributed by atoms with Gasteiger partial charge in [-0.1, -0.05) is 30.3 Å². The van der Waals surface area contributed by atoms with Gasteiger partial charge in [0.15, 0.2) is 12.4 Å². The van der Waals surface area contributed by atoms with Crippen LogP contribution in [0.4, 0.5) is 5.69 Å². The van der Waals surface area contributed by atoms with Crippen LogP contribution in [0.5, 0.6) is 0 Å². The zero-order chi connectivity index (χ0) is 17.1. The number of carbonyl (C=O) groups excluding carboxylic acids is 3. The summed E-state index contributed by atoms with van der Waals surface area (Å²) in [4.78, 5) is 36.7. The lowest BCUT2D eigenvalue weighted by atomic mass is 10.1. The van der Waals surface area contributed by atoms with Gasteiger partial charge in [0.05, 0.1) is 16.5 Å². The molecule has 24 heavy (non-hydrogen) atoms. The predicted octanol–water partition coefficient (Wildman–Crippen LogP) is 3.16. The van der Waals surface area contributed by atoms with E-state index in [1.54, 1.807) is 42.5 Å². The molecule has 2 aromatic carbocycles. The van der Waals surface area contributed by atoms with Crippen LogP contribution in [0, 0.1) is 0 Å². The van der Waals surface area contributed by atoms with E-state index < -0.39 is 5.97 Å². The van der Waals surface area contributed by atoms with E-state index in [0.717, 1.165) is 4.90 Å². The van der Waals surface area contributed by atoms with Gasteiger partial charge in [-0.2, -0.15) is 0 Å². The molecule has 0 saturated heterocycles. The van der Waals surface area contributed by atoms with Crippen molar-refractivity contribution in [1.82, 2.24) is 0 Å².